The van der Waals surface area contributed by atoms with Crippen molar-refractivity contribution < 1.29 is 19.4 Å². The van der Waals surface area contributed by atoms with E-state index in [-0.39, 0.29) is 22.5 Å². The highest BCUT2D eigenvalue weighted by Gasteiger charge is 2.23. The van der Waals surface area contributed by atoms with Gasteiger partial charge in [0.05, 0.1) is 9.85 Å². The first kappa shape index (κ1) is 17.5. The summed E-state index contributed by atoms with van der Waals surface area (Å²) in [4.78, 5) is 44.2. The quantitative estimate of drug-likeness (QED) is 0.596. The lowest BCUT2D eigenvalue weighted by atomic mass is 10.0. The van der Waals surface area contributed by atoms with Crippen LogP contribution in [-0.2, 0) is 4.79 Å². The van der Waals surface area contributed by atoms with Gasteiger partial charge < -0.3 is 11.1 Å². The average molecular weight is 344 g/mol. The zero-order chi connectivity index (χ0) is 18.6. The third kappa shape index (κ3) is 4.13. The van der Waals surface area contributed by atoms with Crippen LogP contribution in [-0.4, -0.2) is 21.7 Å². The molecule has 3 N–H and O–H groups in total. The SMILES string of the molecule is NC(=O)C(NC(=O)c1cccc([N+](=O)[O-])c1)c1cccc([N+](=O)[O-])c1. The predicted octanol–water partition coefficient (Wildman–Crippen LogP) is 1.46. The van der Waals surface area contributed by atoms with Crippen LogP contribution in [0.25, 0.3) is 0 Å². The lowest BCUT2D eigenvalue weighted by Crippen LogP contribution is -2.37. The molecule has 10 nitrogen and oxygen atoms in total. The molecule has 2 aromatic carbocycles. The molecule has 0 bridgehead atoms. The van der Waals surface area contributed by atoms with E-state index in [1.807, 2.05) is 0 Å². The third-order valence-electron chi connectivity index (χ3n) is 3.29. The van der Waals surface area contributed by atoms with Gasteiger partial charge in [-0.05, 0) is 11.6 Å². The third-order valence-corrected chi connectivity index (χ3v) is 3.29. The van der Waals surface area contributed by atoms with Crippen molar-refractivity contribution >= 4 is 23.2 Å². The minimum Gasteiger partial charge on any atom is -0.368 e. The number of carbonyl (C=O) groups is 2. The Bertz CT molecular complexity index is 867. The molecule has 0 aliphatic rings. The van der Waals surface area contributed by atoms with E-state index >= 15 is 0 Å². The van der Waals surface area contributed by atoms with Crippen molar-refractivity contribution in [1.29, 1.82) is 0 Å². The second-order valence-electron chi connectivity index (χ2n) is 4.97. The molecule has 0 fully saturated rings. The normalized spacial score (nSPS) is 11.4. The van der Waals surface area contributed by atoms with Crippen LogP contribution in [0.5, 0.6) is 0 Å². The van der Waals surface area contributed by atoms with Gasteiger partial charge in [-0.1, -0.05) is 18.2 Å². The summed E-state index contributed by atoms with van der Waals surface area (Å²) in [7, 11) is 0. The van der Waals surface area contributed by atoms with E-state index in [0.29, 0.717) is 0 Å². The molecule has 0 saturated heterocycles. The van der Waals surface area contributed by atoms with E-state index in [9.17, 15) is 29.8 Å². The van der Waals surface area contributed by atoms with E-state index in [1.54, 1.807) is 0 Å². The molecule has 0 aliphatic heterocycles. The number of amides is 2. The maximum atomic E-state index is 12.3. The summed E-state index contributed by atoms with van der Waals surface area (Å²) >= 11 is 0. The molecule has 0 saturated carbocycles. The fraction of sp³-hybridized carbons (Fsp3) is 0.0667. The largest absolute Gasteiger partial charge is 0.368 e. The smallest absolute Gasteiger partial charge is 0.270 e. The van der Waals surface area contributed by atoms with E-state index in [0.717, 1.165) is 12.1 Å². The summed E-state index contributed by atoms with van der Waals surface area (Å²) in [6.45, 7) is 0. The number of non-ortho nitro benzene ring substituents is 2. The standard InChI is InChI=1S/C15H12N4O6/c16-14(20)13(9-3-1-5-11(7-9)18(22)23)17-15(21)10-4-2-6-12(8-10)19(24)25/h1-8,13H,(H2,16,20)(H,17,21). The van der Waals surface area contributed by atoms with Gasteiger partial charge >= 0.3 is 0 Å². The Morgan fingerprint density at radius 3 is 2.08 bits per heavy atom. The lowest BCUT2D eigenvalue weighted by Gasteiger charge is -2.15. The highest BCUT2D eigenvalue weighted by Crippen LogP contribution is 2.20. The molecule has 2 amide bonds. The number of carbonyl (C=O) groups excluding carboxylic acids is 2. The molecule has 1 unspecified atom stereocenters. The first-order valence-electron chi connectivity index (χ1n) is 6.88. The summed E-state index contributed by atoms with van der Waals surface area (Å²) in [5.74, 6) is -1.71. The maximum absolute atomic E-state index is 12.3. The van der Waals surface area contributed by atoms with Crippen molar-refractivity contribution in [1.82, 2.24) is 5.32 Å². The minimum absolute atomic E-state index is 0.0501. The Morgan fingerprint density at radius 2 is 1.52 bits per heavy atom. The number of rotatable bonds is 6. The van der Waals surface area contributed by atoms with Gasteiger partial charge in [-0.15, -0.1) is 0 Å². The molecule has 2 rings (SSSR count). The Labute approximate surface area is 140 Å². The highest BCUT2D eigenvalue weighted by atomic mass is 16.6. The van der Waals surface area contributed by atoms with Gasteiger partial charge in [-0.3, -0.25) is 29.8 Å². The Kier molecular flexibility index (Phi) is 5.03. The minimum atomic E-state index is -1.33. The molecule has 0 aromatic heterocycles. The predicted molar refractivity (Wildman–Crippen MR) is 85.6 cm³/mol. The number of hydrogen-bond acceptors (Lipinski definition) is 6. The van der Waals surface area contributed by atoms with Crippen molar-refractivity contribution in [2.45, 2.75) is 6.04 Å². The first-order valence-corrected chi connectivity index (χ1v) is 6.88. The number of hydrogen-bond donors (Lipinski definition) is 2. The Morgan fingerprint density at radius 1 is 0.960 bits per heavy atom. The molecule has 2 aromatic rings. The molecule has 0 heterocycles. The van der Waals surface area contributed by atoms with E-state index < -0.39 is 27.7 Å². The van der Waals surface area contributed by atoms with Crippen molar-refractivity contribution in [3.8, 4) is 0 Å². The van der Waals surface area contributed by atoms with Crippen LogP contribution in [0.4, 0.5) is 11.4 Å². The van der Waals surface area contributed by atoms with Gasteiger partial charge in [0, 0.05) is 29.8 Å². The second-order valence-corrected chi connectivity index (χ2v) is 4.97. The molecule has 0 spiro atoms. The summed E-state index contributed by atoms with van der Waals surface area (Å²) in [5.41, 5.74) is 4.78. The van der Waals surface area contributed by atoms with Crippen LogP contribution in [0.3, 0.4) is 0 Å². The number of primary amides is 1. The van der Waals surface area contributed by atoms with Gasteiger partial charge in [-0.2, -0.15) is 0 Å². The molecule has 25 heavy (non-hydrogen) atoms. The van der Waals surface area contributed by atoms with Crippen molar-refractivity contribution in [3.63, 3.8) is 0 Å². The molecule has 128 valence electrons. The van der Waals surface area contributed by atoms with Crippen LogP contribution >= 0.6 is 0 Å². The molecule has 10 heteroatoms. The molecule has 0 radical (unpaired) electrons. The fourth-order valence-electron chi connectivity index (χ4n) is 2.11. The van der Waals surface area contributed by atoms with E-state index in [4.69, 9.17) is 5.73 Å². The molecular weight excluding hydrogens is 332 g/mol. The van der Waals surface area contributed by atoms with Crippen molar-refractivity contribution in [3.05, 3.63) is 79.9 Å². The summed E-state index contributed by atoms with van der Waals surface area (Å²) < 4.78 is 0. The molecule has 1 atom stereocenters. The summed E-state index contributed by atoms with van der Waals surface area (Å²) in [5, 5.41) is 23.9. The number of benzene rings is 2. The van der Waals surface area contributed by atoms with Gasteiger partial charge in [-0.25, -0.2) is 0 Å². The van der Waals surface area contributed by atoms with E-state index in [2.05, 4.69) is 5.32 Å². The zero-order valence-corrected chi connectivity index (χ0v) is 12.6. The van der Waals surface area contributed by atoms with Crippen LogP contribution in [0.15, 0.2) is 48.5 Å². The Balaban J connectivity index is 2.30. The summed E-state index contributed by atoms with van der Waals surface area (Å²) in [6, 6.07) is 8.66. The fourth-order valence-corrected chi connectivity index (χ4v) is 2.11. The van der Waals surface area contributed by atoms with Gasteiger partial charge in [0.15, 0.2) is 0 Å². The van der Waals surface area contributed by atoms with Crippen LogP contribution in [0.2, 0.25) is 0 Å². The van der Waals surface area contributed by atoms with Gasteiger partial charge in [0.25, 0.3) is 17.3 Å². The molecular formula is C15H12N4O6. The van der Waals surface area contributed by atoms with Crippen LogP contribution < -0.4 is 11.1 Å². The van der Waals surface area contributed by atoms with Gasteiger partial charge in [0.2, 0.25) is 5.91 Å². The van der Waals surface area contributed by atoms with Gasteiger partial charge in [0.1, 0.15) is 6.04 Å². The number of nitro benzene ring substituents is 2. The molecule has 0 aliphatic carbocycles. The highest BCUT2D eigenvalue weighted by molar-refractivity contribution is 5.98. The van der Waals surface area contributed by atoms with Crippen molar-refractivity contribution in [2.75, 3.05) is 0 Å². The maximum Gasteiger partial charge on any atom is 0.270 e. The lowest BCUT2D eigenvalue weighted by molar-refractivity contribution is -0.385. The zero-order valence-electron chi connectivity index (χ0n) is 12.6. The number of nitrogens with one attached hydrogen (secondary N) is 1. The van der Waals surface area contributed by atoms with Crippen LogP contribution in [0.1, 0.15) is 22.0 Å². The topological polar surface area (TPSA) is 158 Å². The number of nitrogens with zero attached hydrogens (tertiary/aromatic N) is 2. The van der Waals surface area contributed by atoms with Crippen molar-refractivity contribution in [2.24, 2.45) is 5.73 Å². The first-order chi connectivity index (χ1) is 11.8. The second kappa shape index (κ2) is 7.17. The number of nitro groups is 2. The number of nitrogens with two attached hydrogens (primary N) is 1. The average Bonchev–Trinajstić information content (AvgIpc) is 2.59. The van der Waals surface area contributed by atoms with E-state index in [1.165, 1.54) is 36.4 Å². The van der Waals surface area contributed by atoms with Crippen LogP contribution in [0, 0.1) is 20.2 Å². The summed E-state index contributed by atoms with van der Waals surface area (Å²) in [6.07, 6.45) is 0. The monoisotopic (exact) mass is 344 g/mol. The Hall–Kier alpha value is -3.82.